The van der Waals surface area contributed by atoms with Crippen LogP contribution >= 0.6 is 0 Å². The van der Waals surface area contributed by atoms with E-state index in [1.165, 1.54) is 12.1 Å². The van der Waals surface area contributed by atoms with Gasteiger partial charge in [0.2, 0.25) is 5.95 Å². The van der Waals surface area contributed by atoms with Gasteiger partial charge in [0.05, 0.1) is 5.69 Å². The summed E-state index contributed by atoms with van der Waals surface area (Å²) in [6, 6.07) is 5.41. The average Bonchev–Trinajstić information content (AvgIpc) is 2.82. The fourth-order valence-corrected chi connectivity index (χ4v) is 3.31. The second-order valence-corrected chi connectivity index (χ2v) is 8.10. The molecule has 0 saturated heterocycles. The van der Waals surface area contributed by atoms with E-state index in [0.29, 0.717) is 11.5 Å². The molecule has 27 heavy (non-hydrogen) atoms. The van der Waals surface area contributed by atoms with Gasteiger partial charge in [0.15, 0.2) is 9.84 Å². The summed E-state index contributed by atoms with van der Waals surface area (Å²) in [4.78, 5) is 8.08. The van der Waals surface area contributed by atoms with Gasteiger partial charge in [-0.1, -0.05) is 0 Å². The Bertz CT molecular complexity index is 1110. The SMILES string of the molecule is Cc1nn(C)c(Nc2ccnc(Nc3ccc(F)c(S(C)(=O)=O)c3)n2)c1C. The molecule has 0 spiro atoms. The molecule has 142 valence electrons. The topological polar surface area (TPSA) is 102 Å². The third kappa shape index (κ3) is 4.05. The molecule has 0 atom stereocenters. The van der Waals surface area contributed by atoms with E-state index >= 15 is 0 Å². The maximum atomic E-state index is 13.7. The summed E-state index contributed by atoms with van der Waals surface area (Å²) >= 11 is 0. The van der Waals surface area contributed by atoms with E-state index in [4.69, 9.17) is 0 Å². The summed E-state index contributed by atoms with van der Waals surface area (Å²) < 4.78 is 38.8. The van der Waals surface area contributed by atoms with Crippen LogP contribution in [0, 0.1) is 19.7 Å². The first-order chi connectivity index (χ1) is 12.6. The van der Waals surface area contributed by atoms with Crippen LogP contribution in [0.1, 0.15) is 11.3 Å². The number of benzene rings is 1. The Morgan fingerprint density at radius 1 is 1.15 bits per heavy atom. The Kier molecular flexibility index (Phi) is 4.83. The largest absolute Gasteiger partial charge is 0.325 e. The highest BCUT2D eigenvalue weighted by Crippen LogP contribution is 2.24. The lowest BCUT2D eigenvalue weighted by Gasteiger charge is -2.10. The molecule has 3 aromatic rings. The van der Waals surface area contributed by atoms with Gasteiger partial charge in [0.1, 0.15) is 22.3 Å². The highest BCUT2D eigenvalue weighted by atomic mass is 32.2. The molecule has 2 aromatic heterocycles. The first kappa shape index (κ1) is 18.8. The van der Waals surface area contributed by atoms with E-state index in [-0.39, 0.29) is 10.8 Å². The maximum Gasteiger partial charge on any atom is 0.229 e. The summed E-state index contributed by atoms with van der Waals surface area (Å²) in [6.07, 6.45) is 2.51. The monoisotopic (exact) mass is 390 g/mol. The molecule has 3 rings (SSSR count). The van der Waals surface area contributed by atoms with Crippen molar-refractivity contribution in [3.63, 3.8) is 0 Å². The van der Waals surface area contributed by atoms with Crippen LogP contribution in [0.3, 0.4) is 0 Å². The number of aryl methyl sites for hydroxylation is 2. The molecular weight excluding hydrogens is 371 g/mol. The predicted octanol–water partition coefficient (Wildman–Crippen LogP) is 2.86. The van der Waals surface area contributed by atoms with Gasteiger partial charge in [-0.2, -0.15) is 10.1 Å². The molecule has 8 nitrogen and oxygen atoms in total. The van der Waals surface area contributed by atoms with Gasteiger partial charge >= 0.3 is 0 Å². The van der Waals surface area contributed by atoms with Crippen molar-refractivity contribution in [1.29, 1.82) is 0 Å². The van der Waals surface area contributed by atoms with Crippen molar-refractivity contribution in [2.24, 2.45) is 7.05 Å². The molecular formula is C17H19FN6O2S. The highest BCUT2D eigenvalue weighted by molar-refractivity contribution is 7.90. The van der Waals surface area contributed by atoms with Gasteiger partial charge in [-0.05, 0) is 38.1 Å². The molecule has 0 amide bonds. The first-order valence-corrected chi connectivity index (χ1v) is 9.91. The second-order valence-electron chi connectivity index (χ2n) is 6.12. The Hall–Kier alpha value is -3.01. The second kappa shape index (κ2) is 6.95. The van der Waals surface area contributed by atoms with Crippen LogP contribution < -0.4 is 10.6 Å². The zero-order valence-electron chi connectivity index (χ0n) is 15.3. The molecule has 2 N–H and O–H groups in total. The third-order valence-corrected chi connectivity index (χ3v) is 5.12. The van der Waals surface area contributed by atoms with Crippen LogP contribution in [-0.2, 0) is 16.9 Å². The third-order valence-electron chi connectivity index (χ3n) is 4.01. The lowest BCUT2D eigenvalue weighted by molar-refractivity contribution is 0.571. The van der Waals surface area contributed by atoms with Crippen LogP contribution in [0.15, 0.2) is 35.4 Å². The van der Waals surface area contributed by atoms with E-state index in [2.05, 4.69) is 25.7 Å². The molecule has 0 aliphatic heterocycles. The van der Waals surface area contributed by atoms with Crippen molar-refractivity contribution >= 4 is 33.1 Å². The van der Waals surface area contributed by atoms with Crippen molar-refractivity contribution in [2.45, 2.75) is 18.7 Å². The Labute approximate surface area is 156 Å². The first-order valence-electron chi connectivity index (χ1n) is 8.02. The summed E-state index contributed by atoms with van der Waals surface area (Å²) in [5.74, 6) is 0.770. The Morgan fingerprint density at radius 2 is 1.89 bits per heavy atom. The maximum absolute atomic E-state index is 13.7. The summed E-state index contributed by atoms with van der Waals surface area (Å²) in [5, 5.41) is 10.4. The molecule has 10 heteroatoms. The van der Waals surface area contributed by atoms with Crippen molar-refractivity contribution in [3.8, 4) is 0 Å². The van der Waals surface area contributed by atoms with Crippen molar-refractivity contribution in [1.82, 2.24) is 19.7 Å². The van der Waals surface area contributed by atoms with Crippen LogP contribution in [0.2, 0.25) is 0 Å². The van der Waals surface area contributed by atoms with E-state index in [1.54, 1.807) is 16.9 Å². The van der Waals surface area contributed by atoms with Gasteiger partial charge < -0.3 is 10.6 Å². The molecule has 0 bridgehead atoms. The number of sulfone groups is 1. The highest BCUT2D eigenvalue weighted by Gasteiger charge is 2.15. The number of nitrogens with zero attached hydrogens (tertiary/aromatic N) is 4. The Balaban J connectivity index is 1.87. The van der Waals surface area contributed by atoms with Crippen molar-refractivity contribution in [3.05, 3.63) is 47.5 Å². The normalized spacial score (nSPS) is 11.4. The summed E-state index contributed by atoms with van der Waals surface area (Å²) in [6.45, 7) is 3.87. The van der Waals surface area contributed by atoms with Crippen LogP contribution in [-0.4, -0.2) is 34.4 Å². The molecule has 2 heterocycles. The lowest BCUT2D eigenvalue weighted by atomic mass is 10.3. The summed E-state index contributed by atoms with van der Waals surface area (Å²) in [5.41, 5.74) is 2.27. The molecule has 0 aliphatic rings. The van der Waals surface area contributed by atoms with E-state index in [0.717, 1.165) is 29.4 Å². The zero-order valence-corrected chi connectivity index (χ0v) is 16.1. The van der Waals surface area contributed by atoms with Crippen molar-refractivity contribution < 1.29 is 12.8 Å². The number of hydrogen-bond donors (Lipinski definition) is 2. The van der Waals surface area contributed by atoms with Crippen LogP contribution in [0.25, 0.3) is 0 Å². The molecule has 0 aliphatic carbocycles. The minimum Gasteiger partial charge on any atom is -0.325 e. The van der Waals surface area contributed by atoms with Crippen molar-refractivity contribution in [2.75, 3.05) is 16.9 Å². The van der Waals surface area contributed by atoms with E-state index in [1.807, 2.05) is 20.9 Å². The molecule has 0 saturated carbocycles. The lowest BCUT2D eigenvalue weighted by Crippen LogP contribution is -2.05. The minimum atomic E-state index is -3.68. The predicted molar refractivity (Wildman–Crippen MR) is 101 cm³/mol. The quantitative estimate of drug-likeness (QED) is 0.691. The van der Waals surface area contributed by atoms with Crippen LogP contribution in [0.4, 0.5) is 27.7 Å². The molecule has 0 unspecified atom stereocenters. The zero-order chi connectivity index (χ0) is 19.8. The fourth-order valence-electron chi connectivity index (χ4n) is 2.54. The number of anilines is 4. The van der Waals surface area contributed by atoms with E-state index in [9.17, 15) is 12.8 Å². The van der Waals surface area contributed by atoms with Gasteiger partial charge in [0.25, 0.3) is 0 Å². The van der Waals surface area contributed by atoms with Gasteiger partial charge in [-0.25, -0.2) is 17.8 Å². The van der Waals surface area contributed by atoms with Crippen LogP contribution in [0.5, 0.6) is 0 Å². The average molecular weight is 390 g/mol. The number of aromatic nitrogens is 4. The number of nitrogens with one attached hydrogen (secondary N) is 2. The van der Waals surface area contributed by atoms with Gasteiger partial charge in [-0.15, -0.1) is 0 Å². The molecule has 0 radical (unpaired) electrons. The van der Waals surface area contributed by atoms with E-state index < -0.39 is 15.7 Å². The molecule has 0 fully saturated rings. The fraction of sp³-hybridized carbons (Fsp3) is 0.235. The number of halogens is 1. The number of hydrogen-bond acceptors (Lipinski definition) is 7. The summed E-state index contributed by atoms with van der Waals surface area (Å²) in [7, 11) is -1.85. The standard InChI is InChI=1S/C17H19FN6O2S/c1-10-11(2)23-24(3)16(10)21-15-7-8-19-17(22-15)20-12-5-6-13(18)14(9-12)27(4,25)26/h5-9H,1-4H3,(H2,19,20,21,22). The number of rotatable bonds is 5. The molecule has 1 aromatic carbocycles. The Morgan fingerprint density at radius 3 is 2.52 bits per heavy atom. The minimum absolute atomic E-state index is 0.239. The van der Waals surface area contributed by atoms with Gasteiger partial charge in [0, 0.05) is 30.8 Å². The van der Waals surface area contributed by atoms with Gasteiger partial charge in [-0.3, -0.25) is 4.68 Å². The smallest absolute Gasteiger partial charge is 0.229 e.